The fourth-order valence-corrected chi connectivity index (χ4v) is 2.18. The van der Waals surface area contributed by atoms with E-state index in [2.05, 4.69) is 0 Å². The first-order valence-corrected chi connectivity index (χ1v) is 6.95. The van der Waals surface area contributed by atoms with Gasteiger partial charge >= 0.3 is 0 Å². The van der Waals surface area contributed by atoms with Crippen LogP contribution in [0.2, 0.25) is 0 Å². The average Bonchev–Trinajstić information content (AvgIpc) is 2.48. The molecule has 0 saturated heterocycles. The summed E-state index contributed by atoms with van der Waals surface area (Å²) in [4.78, 5) is 14.3. The third kappa shape index (κ3) is 3.34. The Morgan fingerprint density at radius 1 is 1.24 bits per heavy atom. The maximum atomic E-state index is 12.5. The van der Waals surface area contributed by atoms with Crippen LogP contribution < -0.4 is 5.73 Å². The molecule has 0 radical (unpaired) electrons. The third-order valence-corrected chi connectivity index (χ3v) is 3.57. The summed E-state index contributed by atoms with van der Waals surface area (Å²) in [5, 5.41) is 9.64. The molecule has 0 heterocycles. The monoisotopic (exact) mass is 284 g/mol. The van der Waals surface area contributed by atoms with Gasteiger partial charge in [-0.1, -0.05) is 24.3 Å². The van der Waals surface area contributed by atoms with E-state index in [9.17, 15) is 9.90 Å². The topological polar surface area (TPSA) is 66.6 Å². The Morgan fingerprint density at radius 3 is 2.57 bits per heavy atom. The van der Waals surface area contributed by atoms with Crippen LogP contribution in [0.5, 0.6) is 5.75 Å². The van der Waals surface area contributed by atoms with Gasteiger partial charge < -0.3 is 15.7 Å². The van der Waals surface area contributed by atoms with Gasteiger partial charge in [0.2, 0.25) is 0 Å². The Balaban J connectivity index is 2.22. The Morgan fingerprint density at radius 2 is 1.95 bits per heavy atom. The number of hydrogen-bond acceptors (Lipinski definition) is 3. The Bertz CT molecular complexity index is 653. The molecule has 2 rings (SSSR count). The number of nitrogens with two attached hydrogens (primary N) is 1. The highest BCUT2D eigenvalue weighted by molar-refractivity contribution is 5.95. The first kappa shape index (κ1) is 14.9. The van der Waals surface area contributed by atoms with E-state index in [1.54, 1.807) is 17.0 Å². The largest absolute Gasteiger partial charge is 0.506 e. The molecule has 2 aromatic rings. The van der Waals surface area contributed by atoms with E-state index < -0.39 is 0 Å². The number of rotatable bonds is 4. The van der Waals surface area contributed by atoms with E-state index >= 15 is 0 Å². The number of aryl methyl sites for hydroxylation is 1. The lowest BCUT2D eigenvalue weighted by molar-refractivity contribution is 0.0752. The summed E-state index contributed by atoms with van der Waals surface area (Å²) >= 11 is 0. The lowest BCUT2D eigenvalue weighted by atomic mass is 10.1. The number of aromatic hydroxyl groups is 1. The number of amides is 1. The molecule has 3 N–H and O–H groups in total. The maximum absolute atomic E-state index is 12.5. The van der Waals surface area contributed by atoms with Crippen LogP contribution in [0, 0.1) is 6.92 Å². The van der Waals surface area contributed by atoms with Crippen molar-refractivity contribution in [3.63, 3.8) is 0 Å². The van der Waals surface area contributed by atoms with Gasteiger partial charge in [0.25, 0.3) is 5.91 Å². The predicted octanol–water partition coefficient (Wildman–Crippen LogP) is 2.95. The van der Waals surface area contributed by atoms with Gasteiger partial charge in [0, 0.05) is 18.7 Å². The van der Waals surface area contributed by atoms with Crippen LogP contribution in [-0.4, -0.2) is 22.5 Å². The molecule has 0 aliphatic carbocycles. The molecule has 0 fully saturated rings. The Labute approximate surface area is 124 Å². The van der Waals surface area contributed by atoms with Crippen LogP contribution in [0.3, 0.4) is 0 Å². The van der Waals surface area contributed by atoms with Gasteiger partial charge in [-0.3, -0.25) is 4.79 Å². The van der Waals surface area contributed by atoms with Crippen molar-refractivity contribution < 1.29 is 9.90 Å². The number of anilines is 1. The predicted molar refractivity (Wildman–Crippen MR) is 84.1 cm³/mol. The van der Waals surface area contributed by atoms with Gasteiger partial charge in [-0.25, -0.2) is 0 Å². The summed E-state index contributed by atoms with van der Waals surface area (Å²) in [7, 11) is 0. The van der Waals surface area contributed by atoms with Crippen molar-refractivity contribution in [3.8, 4) is 5.75 Å². The summed E-state index contributed by atoms with van der Waals surface area (Å²) in [6.07, 6.45) is 0. The standard InChI is InChI=1S/C17H20N2O2/c1-3-19(11-14-7-5-4-6-12(14)2)17(21)13-8-9-15(18)16(20)10-13/h4-10,20H,3,11,18H2,1-2H3. The van der Waals surface area contributed by atoms with E-state index in [1.165, 1.54) is 6.07 Å². The molecule has 0 spiro atoms. The van der Waals surface area contributed by atoms with Crippen molar-refractivity contribution in [3.05, 3.63) is 59.2 Å². The SMILES string of the molecule is CCN(Cc1ccccc1C)C(=O)c1ccc(N)c(O)c1. The molecule has 1 amide bonds. The number of hydrogen-bond donors (Lipinski definition) is 2. The highest BCUT2D eigenvalue weighted by Gasteiger charge is 2.16. The van der Waals surface area contributed by atoms with E-state index in [1.807, 2.05) is 38.1 Å². The van der Waals surface area contributed by atoms with Crippen LogP contribution in [0.1, 0.15) is 28.4 Å². The summed E-state index contributed by atoms with van der Waals surface area (Å²) < 4.78 is 0. The molecule has 0 bridgehead atoms. The summed E-state index contributed by atoms with van der Waals surface area (Å²) in [5.74, 6) is -0.177. The highest BCUT2D eigenvalue weighted by Crippen LogP contribution is 2.22. The van der Waals surface area contributed by atoms with Crippen LogP contribution >= 0.6 is 0 Å². The lowest BCUT2D eigenvalue weighted by Gasteiger charge is -2.22. The van der Waals surface area contributed by atoms with E-state index in [4.69, 9.17) is 5.73 Å². The van der Waals surface area contributed by atoms with Crippen molar-refractivity contribution in [1.29, 1.82) is 0 Å². The van der Waals surface area contributed by atoms with Crippen LogP contribution in [0.25, 0.3) is 0 Å². The molecule has 0 aromatic heterocycles. The average molecular weight is 284 g/mol. The van der Waals surface area contributed by atoms with Gasteiger partial charge in [-0.15, -0.1) is 0 Å². The number of phenolic OH excluding ortho intramolecular Hbond substituents is 1. The Hall–Kier alpha value is -2.49. The molecule has 4 nitrogen and oxygen atoms in total. The van der Waals surface area contributed by atoms with Gasteiger partial charge in [-0.05, 0) is 43.2 Å². The molecule has 0 aliphatic rings. The molecule has 0 unspecified atom stereocenters. The zero-order valence-electron chi connectivity index (χ0n) is 12.3. The number of nitrogens with zero attached hydrogens (tertiary/aromatic N) is 1. The second-order valence-corrected chi connectivity index (χ2v) is 5.02. The second-order valence-electron chi connectivity index (χ2n) is 5.02. The number of carbonyl (C=O) groups is 1. The number of carbonyl (C=O) groups excluding carboxylic acids is 1. The summed E-state index contributed by atoms with van der Waals surface area (Å²) in [5.41, 5.74) is 8.55. The number of nitrogen functional groups attached to an aromatic ring is 1. The van der Waals surface area contributed by atoms with Crippen molar-refractivity contribution in [1.82, 2.24) is 4.90 Å². The molecule has 0 saturated carbocycles. The first-order chi connectivity index (χ1) is 10.0. The lowest BCUT2D eigenvalue weighted by Crippen LogP contribution is -2.30. The quantitative estimate of drug-likeness (QED) is 0.670. The fraction of sp³-hybridized carbons (Fsp3) is 0.235. The van der Waals surface area contributed by atoms with E-state index in [0.717, 1.165) is 11.1 Å². The summed E-state index contributed by atoms with van der Waals surface area (Å²) in [6, 6.07) is 12.6. The zero-order chi connectivity index (χ0) is 15.4. The molecule has 21 heavy (non-hydrogen) atoms. The van der Waals surface area contributed by atoms with Gasteiger partial charge in [0.1, 0.15) is 5.75 Å². The second kappa shape index (κ2) is 6.31. The molecule has 0 atom stereocenters. The van der Waals surface area contributed by atoms with Crippen molar-refractivity contribution in [2.24, 2.45) is 0 Å². The molecule has 2 aromatic carbocycles. The number of phenols is 1. The molecular weight excluding hydrogens is 264 g/mol. The maximum Gasteiger partial charge on any atom is 0.254 e. The smallest absolute Gasteiger partial charge is 0.254 e. The van der Waals surface area contributed by atoms with Crippen molar-refractivity contribution in [2.75, 3.05) is 12.3 Å². The van der Waals surface area contributed by atoms with Crippen LogP contribution in [0.4, 0.5) is 5.69 Å². The minimum absolute atomic E-state index is 0.0622. The zero-order valence-corrected chi connectivity index (χ0v) is 12.3. The van der Waals surface area contributed by atoms with Gasteiger partial charge in [0.15, 0.2) is 0 Å². The normalized spacial score (nSPS) is 10.4. The van der Waals surface area contributed by atoms with Gasteiger partial charge in [0.05, 0.1) is 5.69 Å². The fourth-order valence-electron chi connectivity index (χ4n) is 2.18. The van der Waals surface area contributed by atoms with Crippen LogP contribution in [-0.2, 0) is 6.54 Å². The Kier molecular flexibility index (Phi) is 4.48. The third-order valence-electron chi connectivity index (χ3n) is 3.57. The summed E-state index contributed by atoms with van der Waals surface area (Å²) in [6.45, 7) is 5.11. The molecule has 4 heteroatoms. The molecule has 110 valence electrons. The first-order valence-electron chi connectivity index (χ1n) is 6.95. The van der Waals surface area contributed by atoms with E-state index in [0.29, 0.717) is 18.7 Å². The minimum atomic E-state index is -0.115. The minimum Gasteiger partial charge on any atom is -0.506 e. The van der Waals surface area contributed by atoms with Gasteiger partial charge in [-0.2, -0.15) is 0 Å². The molecular formula is C17H20N2O2. The van der Waals surface area contributed by atoms with Crippen molar-refractivity contribution >= 4 is 11.6 Å². The number of benzene rings is 2. The molecule has 0 aliphatic heterocycles. The van der Waals surface area contributed by atoms with Crippen LogP contribution in [0.15, 0.2) is 42.5 Å². The van der Waals surface area contributed by atoms with E-state index in [-0.39, 0.29) is 17.3 Å². The van der Waals surface area contributed by atoms with Crippen molar-refractivity contribution in [2.45, 2.75) is 20.4 Å². The highest BCUT2D eigenvalue weighted by atomic mass is 16.3.